The van der Waals surface area contributed by atoms with Crippen molar-refractivity contribution in [1.82, 2.24) is 0 Å². The number of hydrogen-bond acceptors (Lipinski definition) is 4. The van der Waals surface area contributed by atoms with E-state index in [9.17, 15) is 0 Å². The van der Waals surface area contributed by atoms with E-state index in [4.69, 9.17) is 19.3 Å². The van der Waals surface area contributed by atoms with Crippen molar-refractivity contribution in [2.24, 2.45) is 5.41 Å². The summed E-state index contributed by atoms with van der Waals surface area (Å²) in [6.07, 6.45) is 0.103. The van der Waals surface area contributed by atoms with Crippen LogP contribution in [0.4, 0.5) is 0 Å². The van der Waals surface area contributed by atoms with Crippen molar-refractivity contribution in [3.63, 3.8) is 0 Å². The predicted octanol–water partition coefficient (Wildman–Crippen LogP) is 0.924. The van der Waals surface area contributed by atoms with Crippen molar-refractivity contribution >= 4 is 0 Å². The van der Waals surface area contributed by atoms with Gasteiger partial charge in [-0.1, -0.05) is 13.8 Å². The number of rotatable bonds is 3. The molecule has 2 heterocycles. The average molecular weight is 216 g/mol. The summed E-state index contributed by atoms with van der Waals surface area (Å²) < 4.78 is 16.8. The fraction of sp³-hybridized carbons (Fsp3) is 1.00. The van der Waals surface area contributed by atoms with Gasteiger partial charge in [0.1, 0.15) is 6.10 Å². The third-order valence-electron chi connectivity index (χ3n) is 3.33. The van der Waals surface area contributed by atoms with Crippen molar-refractivity contribution in [2.75, 3.05) is 13.2 Å². The summed E-state index contributed by atoms with van der Waals surface area (Å²) in [7, 11) is 0. The zero-order chi connectivity index (χ0) is 11.3. The van der Waals surface area contributed by atoms with Gasteiger partial charge >= 0.3 is 0 Å². The summed E-state index contributed by atoms with van der Waals surface area (Å²) in [6.45, 7) is 8.72. The van der Waals surface area contributed by atoms with Gasteiger partial charge in [-0.2, -0.15) is 0 Å². The lowest BCUT2D eigenvalue weighted by Crippen LogP contribution is -2.38. The zero-order valence-corrected chi connectivity index (χ0v) is 9.82. The average Bonchev–Trinajstić information content (AvgIpc) is 2.84. The molecule has 3 atom stereocenters. The molecular weight excluding hydrogens is 196 g/mol. The molecule has 1 unspecified atom stereocenters. The molecule has 15 heavy (non-hydrogen) atoms. The highest BCUT2D eigenvalue weighted by atomic mass is 16.7. The number of hydrogen-bond donors (Lipinski definition) is 1. The molecule has 0 aromatic rings. The maximum Gasteiger partial charge on any atom is 0.163 e. The molecule has 4 heteroatoms. The van der Waals surface area contributed by atoms with E-state index in [2.05, 4.69) is 13.8 Å². The van der Waals surface area contributed by atoms with E-state index in [1.807, 2.05) is 13.8 Å². The van der Waals surface area contributed by atoms with E-state index >= 15 is 0 Å². The molecule has 4 nitrogen and oxygen atoms in total. The van der Waals surface area contributed by atoms with Crippen LogP contribution in [-0.2, 0) is 14.2 Å². The van der Waals surface area contributed by atoms with Crippen molar-refractivity contribution in [2.45, 2.75) is 51.8 Å². The Morgan fingerprint density at radius 1 is 1.40 bits per heavy atom. The molecule has 0 radical (unpaired) electrons. The summed E-state index contributed by atoms with van der Waals surface area (Å²) in [4.78, 5) is 0. The van der Waals surface area contributed by atoms with Gasteiger partial charge in [0.15, 0.2) is 5.79 Å². The van der Waals surface area contributed by atoms with Gasteiger partial charge in [0.05, 0.1) is 25.4 Å². The van der Waals surface area contributed by atoms with E-state index in [0.29, 0.717) is 6.61 Å². The molecule has 0 spiro atoms. The summed E-state index contributed by atoms with van der Waals surface area (Å²) in [5.41, 5.74) is -0.110. The summed E-state index contributed by atoms with van der Waals surface area (Å²) in [5, 5.41) is 8.99. The summed E-state index contributed by atoms with van der Waals surface area (Å²) >= 11 is 0. The molecule has 0 amide bonds. The molecule has 0 aromatic carbocycles. The summed E-state index contributed by atoms with van der Waals surface area (Å²) in [6, 6.07) is 0. The molecule has 2 saturated heterocycles. The SMILES string of the molecule is CC1(C)OCC(C(C)(C)[C@H]2O[C@@H]2CO)O1. The van der Waals surface area contributed by atoms with E-state index in [1.165, 1.54) is 0 Å². The maximum absolute atomic E-state index is 8.99. The lowest BCUT2D eigenvalue weighted by Gasteiger charge is -2.29. The second kappa shape index (κ2) is 3.42. The Morgan fingerprint density at radius 2 is 2.07 bits per heavy atom. The van der Waals surface area contributed by atoms with E-state index in [1.54, 1.807) is 0 Å². The third kappa shape index (κ3) is 2.04. The van der Waals surface area contributed by atoms with Crippen LogP contribution in [0.5, 0.6) is 0 Å². The minimum absolute atomic E-state index is 0.0210. The normalized spacial score (nSPS) is 39.4. The number of ether oxygens (including phenoxy) is 3. The van der Waals surface area contributed by atoms with Gasteiger partial charge in [-0.3, -0.25) is 0 Å². The van der Waals surface area contributed by atoms with Crippen LogP contribution < -0.4 is 0 Å². The molecule has 1 N–H and O–H groups in total. The predicted molar refractivity (Wildman–Crippen MR) is 54.4 cm³/mol. The Bertz CT molecular complexity index is 249. The monoisotopic (exact) mass is 216 g/mol. The van der Waals surface area contributed by atoms with Gasteiger partial charge in [0.25, 0.3) is 0 Å². The van der Waals surface area contributed by atoms with Crippen LogP contribution in [0.15, 0.2) is 0 Å². The Morgan fingerprint density at radius 3 is 2.47 bits per heavy atom. The lowest BCUT2D eigenvalue weighted by atomic mass is 9.82. The molecule has 0 saturated carbocycles. The minimum Gasteiger partial charge on any atom is -0.394 e. The molecule has 2 aliphatic rings. The third-order valence-corrected chi connectivity index (χ3v) is 3.33. The fourth-order valence-corrected chi connectivity index (χ4v) is 2.17. The van der Waals surface area contributed by atoms with Crippen LogP contribution in [-0.4, -0.2) is 42.4 Å². The van der Waals surface area contributed by atoms with Gasteiger partial charge < -0.3 is 19.3 Å². The van der Waals surface area contributed by atoms with Crippen molar-refractivity contribution in [3.05, 3.63) is 0 Å². The topological polar surface area (TPSA) is 51.2 Å². The highest BCUT2D eigenvalue weighted by Crippen LogP contribution is 2.45. The van der Waals surface area contributed by atoms with Gasteiger partial charge in [0.2, 0.25) is 0 Å². The van der Waals surface area contributed by atoms with E-state index in [0.717, 1.165) is 0 Å². The summed E-state index contributed by atoms with van der Waals surface area (Å²) in [5.74, 6) is -0.495. The maximum atomic E-state index is 8.99. The van der Waals surface area contributed by atoms with Crippen LogP contribution in [0.1, 0.15) is 27.7 Å². The van der Waals surface area contributed by atoms with Crippen molar-refractivity contribution < 1.29 is 19.3 Å². The van der Waals surface area contributed by atoms with E-state index in [-0.39, 0.29) is 30.3 Å². The second-order valence-electron chi connectivity index (χ2n) is 5.42. The van der Waals surface area contributed by atoms with Crippen LogP contribution in [0.2, 0.25) is 0 Å². The van der Waals surface area contributed by atoms with Gasteiger partial charge in [-0.25, -0.2) is 0 Å². The molecule has 0 aromatic heterocycles. The number of aliphatic hydroxyl groups is 1. The van der Waals surface area contributed by atoms with Gasteiger partial charge in [-0.05, 0) is 13.8 Å². The standard InChI is InChI=1S/C11H20O4/c1-10(2,9-7(5-12)14-9)8-6-13-11(3,4)15-8/h7-9,12H,5-6H2,1-4H3/t7-,8?,9+/m1/s1. The Labute approximate surface area is 90.5 Å². The first kappa shape index (κ1) is 11.3. The van der Waals surface area contributed by atoms with Crippen LogP contribution in [0.3, 0.4) is 0 Å². The van der Waals surface area contributed by atoms with Gasteiger partial charge in [-0.15, -0.1) is 0 Å². The molecule has 0 bridgehead atoms. The second-order valence-corrected chi connectivity index (χ2v) is 5.42. The Kier molecular flexibility index (Phi) is 2.58. The number of epoxide rings is 1. The van der Waals surface area contributed by atoms with Crippen molar-refractivity contribution in [3.8, 4) is 0 Å². The zero-order valence-electron chi connectivity index (χ0n) is 9.82. The first-order valence-corrected chi connectivity index (χ1v) is 5.45. The lowest BCUT2D eigenvalue weighted by molar-refractivity contribution is -0.153. The highest BCUT2D eigenvalue weighted by Gasteiger charge is 2.55. The minimum atomic E-state index is -0.495. The van der Waals surface area contributed by atoms with Gasteiger partial charge in [0, 0.05) is 5.41 Å². The quantitative estimate of drug-likeness (QED) is 0.713. The first-order valence-electron chi connectivity index (χ1n) is 5.45. The largest absolute Gasteiger partial charge is 0.394 e. The molecular formula is C11H20O4. The van der Waals surface area contributed by atoms with E-state index < -0.39 is 5.79 Å². The molecule has 0 aliphatic carbocycles. The smallest absolute Gasteiger partial charge is 0.163 e. The molecule has 2 rings (SSSR count). The first-order chi connectivity index (χ1) is 6.87. The van der Waals surface area contributed by atoms with Crippen LogP contribution in [0, 0.1) is 5.41 Å². The Hall–Kier alpha value is -0.160. The fourth-order valence-electron chi connectivity index (χ4n) is 2.17. The number of aliphatic hydroxyl groups excluding tert-OH is 1. The molecule has 2 fully saturated rings. The van der Waals surface area contributed by atoms with Crippen LogP contribution in [0.25, 0.3) is 0 Å². The van der Waals surface area contributed by atoms with Crippen molar-refractivity contribution in [1.29, 1.82) is 0 Å². The molecule has 2 aliphatic heterocycles. The molecule has 88 valence electrons. The highest BCUT2D eigenvalue weighted by molar-refractivity contribution is 5.01. The Balaban J connectivity index is 1.99. The van der Waals surface area contributed by atoms with Crippen LogP contribution >= 0.6 is 0 Å².